The lowest BCUT2D eigenvalue weighted by Gasteiger charge is -2.29. The van der Waals surface area contributed by atoms with Crippen LogP contribution < -0.4 is 9.80 Å². The Balaban J connectivity index is 0.721. The van der Waals surface area contributed by atoms with Crippen molar-refractivity contribution < 1.29 is 0 Å². The fourth-order valence-electron chi connectivity index (χ4n) is 12.5. The predicted molar refractivity (Wildman–Crippen MR) is 342 cm³/mol. The largest absolute Gasteiger partial charge is 0.310 e. The molecular weight excluding hydrogens is 965 g/mol. The molecular formula is C78H64N2. The summed E-state index contributed by atoms with van der Waals surface area (Å²) < 4.78 is 0. The number of anilines is 6. The molecule has 0 atom stereocenters. The number of rotatable bonds is 12. The molecule has 2 aliphatic carbocycles. The number of hydrogen-bond acceptors (Lipinski definition) is 2. The zero-order chi connectivity index (χ0) is 54.5. The maximum Gasteiger partial charge on any atom is 0.0490 e. The second-order valence-electron chi connectivity index (χ2n) is 22.7. The van der Waals surface area contributed by atoms with Crippen LogP contribution in [0.4, 0.5) is 34.1 Å². The van der Waals surface area contributed by atoms with E-state index in [9.17, 15) is 0 Å². The Morgan fingerprint density at radius 2 is 0.575 bits per heavy atom. The number of benzene rings is 11. The van der Waals surface area contributed by atoms with Gasteiger partial charge in [0.2, 0.25) is 0 Å². The van der Waals surface area contributed by atoms with Crippen molar-refractivity contribution in [2.24, 2.45) is 0 Å². The van der Waals surface area contributed by atoms with Crippen molar-refractivity contribution in [1.29, 1.82) is 0 Å². The first-order valence-corrected chi connectivity index (χ1v) is 28.1. The maximum absolute atomic E-state index is 2.43. The molecule has 0 saturated carbocycles. The minimum atomic E-state index is -0.190. The molecule has 2 aliphatic rings. The van der Waals surface area contributed by atoms with E-state index in [1.54, 1.807) is 0 Å². The molecule has 80 heavy (non-hydrogen) atoms. The number of para-hydroxylation sites is 2. The van der Waals surface area contributed by atoms with Gasteiger partial charge in [-0.05, 0) is 175 Å². The first kappa shape index (κ1) is 50.0. The first-order chi connectivity index (χ1) is 39.0. The van der Waals surface area contributed by atoms with Crippen LogP contribution in [-0.2, 0) is 10.8 Å². The van der Waals surface area contributed by atoms with E-state index in [4.69, 9.17) is 0 Å². The fourth-order valence-corrected chi connectivity index (χ4v) is 12.5. The molecule has 0 unspecified atom stereocenters. The van der Waals surface area contributed by atoms with Crippen LogP contribution in [0.3, 0.4) is 0 Å². The Bertz CT molecular complexity index is 3920. The molecule has 0 aromatic heterocycles. The highest BCUT2D eigenvalue weighted by Crippen LogP contribution is 2.53. The van der Waals surface area contributed by atoms with Crippen LogP contribution in [0.1, 0.15) is 83.3 Å². The summed E-state index contributed by atoms with van der Waals surface area (Å²) in [5.41, 5.74) is 29.2. The average molecular weight is 1030 g/mol. The van der Waals surface area contributed by atoms with E-state index in [2.05, 4.69) is 330 Å². The second kappa shape index (κ2) is 20.4. The quantitative estimate of drug-likeness (QED) is 0.113. The summed E-state index contributed by atoms with van der Waals surface area (Å²) in [6, 6.07) is 93.5. The van der Waals surface area contributed by atoms with E-state index >= 15 is 0 Å². The summed E-state index contributed by atoms with van der Waals surface area (Å²) in [7, 11) is 0. The molecule has 11 aromatic rings. The summed E-state index contributed by atoms with van der Waals surface area (Å²) in [4.78, 5) is 4.85. The van der Waals surface area contributed by atoms with Crippen LogP contribution in [0, 0.1) is 13.8 Å². The summed E-state index contributed by atoms with van der Waals surface area (Å²) in [6.07, 6.45) is 8.98. The molecule has 2 nitrogen and oxygen atoms in total. The third-order valence-corrected chi connectivity index (χ3v) is 16.9. The van der Waals surface area contributed by atoms with Crippen molar-refractivity contribution in [3.63, 3.8) is 0 Å². The van der Waals surface area contributed by atoms with Gasteiger partial charge in [0.25, 0.3) is 0 Å². The van der Waals surface area contributed by atoms with Gasteiger partial charge in [-0.3, -0.25) is 0 Å². The van der Waals surface area contributed by atoms with E-state index < -0.39 is 0 Å². The van der Waals surface area contributed by atoms with Gasteiger partial charge in [-0.25, -0.2) is 0 Å². The normalized spacial score (nSPS) is 13.5. The minimum Gasteiger partial charge on any atom is -0.310 e. The fraction of sp³-hybridized carbons (Fsp3) is 0.103. The molecule has 0 bridgehead atoms. The van der Waals surface area contributed by atoms with Gasteiger partial charge in [-0.1, -0.05) is 246 Å². The first-order valence-electron chi connectivity index (χ1n) is 28.1. The van der Waals surface area contributed by atoms with Gasteiger partial charge in [0, 0.05) is 45.0 Å². The zero-order valence-electron chi connectivity index (χ0n) is 46.5. The Kier molecular flexibility index (Phi) is 12.7. The summed E-state index contributed by atoms with van der Waals surface area (Å²) in [6.45, 7) is 13.9. The highest BCUT2D eigenvalue weighted by molar-refractivity contribution is 5.90. The Hall–Kier alpha value is -9.50. The topological polar surface area (TPSA) is 6.48 Å². The third-order valence-electron chi connectivity index (χ3n) is 16.9. The van der Waals surface area contributed by atoms with Crippen LogP contribution in [0.2, 0.25) is 0 Å². The molecule has 0 N–H and O–H groups in total. The van der Waals surface area contributed by atoms with Gasteiger partial charge in [-0.15, -0.1) is 0 Å². The van der Waals surface area contributed by atoms with Crippen LogP contribution in [0.25, 0.3) is 68.8 Å². The number of aryl methyl sites for hydroxylation is 2. The van der Waals surface area contributed by atoms with Crippen molar-refractivity contribution in [1.82, 2.24) is 0 Å². The van der Waals surface area contributed by atoms with E-state index in [-0.39, 0.29) is 10.8 Å². The lowest BCUT2D eigenvalue weighted by molar-refractivity contribution is 0.660. The van der Waals surface area contributed by atoms with Crippen LogP contribution >= 0.6 is 0 Å². The molecule has 0 saturated heterocycles. The maximum atomic E-state index is 2.43. The van der Waals surface area contributed by atoms with Crippen molar-refractivity contribution in [3.8, 4) is 44.5 Å². The van der Waals surface area contributed by atoms with Crippen LogP contribution in [0.5, 0.6) is 0 Å². The highest BCUT2D eigenvalue weighted by atomic mass is 15.1. The average Bonchev–Trinajstić information content (AvgIpc) is 3.88. The SMILES string of the molecule is Cc1ccccc1N(c1cccc(-c2ccccc2)c1)c1ccc2c(c1)C(C)(C)c1cc(C=Cc3ccc(C=Cc4ccc5c(c4)C(C)(C)c4cc(N(c6cccc(-c7ccccc7)c6)c6ccccc6C)ccc4-5)cc3)ccc1-2. The Morgan fingerprint density at radius 1 is 0.263 bits per heavy atom. The van der Waals surface area contributed by atoms with Gasteiger partial charge < -0.3 is 9.80 Å². The van der Waals surface area contributed by atoms with Gasteiger partial charge in [0.15, 0.2) is 0 Å². The lowest BCUT2D eigenvalue weighted by Crippen LogP contribution is -2.17. The van der Waals surface area contributed by atoms with E-state index in [1.165, 1.54) is 112 Å². The molecule has 0 fully saturated rings. The molecule has 2 heteroatoms. The molecule has 0 heterocycles. The molecule has 0 spiro atoms. The van der Waals surface area contributed by atoms with Gasteiger partial charge in [0.05, 0.1) is 0 Å². The minimum absolute atomic E-state index is 0.190. The van der Waals surface area contributed by atoms with Crippen molar-refractivity contribution in [3.05, 3.63) is 310 Å². The monoisotopic (exact) mass is 1030 g/mol. The van der Waals surface area contributed by atoms with E-state index in [0.29, 0.717) is 0 Å². The van der Waals surface area contributed by atoms with Crippen LogP contribution in [0.15, 0.2) is 255 Å². The van der Waals surface area contributed by atoms with Crippen molar-refractivity contribution in [2.45, 2.75) is 52.4 Å². The number of hydrogen-bond donors (Lipinski definition) is 0. The van der Waals surface area contributed by atoms with Gasteiger partial charge in [0.1, 0.15) is 0 Å². The highest BCUT2D eigenvalue weighted by Gasteiger charge is 2.38. The second-order valence-corrected chi connectivity index (χ2v) is 22.7. The van der Waals surface area contributed by atoms with Crippen molar-refractivity contribution in [2.75, 3.05) is 9.80 Å². The summed E-state index contributed by atoms with van der Waals surface area (Å²) in [5.74, 6) is 0. The number of fused-ring (bicyclic) bond motifs is 6. The van der Waals surface area contributed by atoms with E-state index in [0.717, 1.165) is 22.7 Å². The lowest BCUT2D eigenvalue weighted by atomic mass is 9.81. The van der Waals surface area contributed by atoms with Crippen molar-refractivity contribution >= 4 is 58.4 Å². The third kappa shape index (κ3) is 9.17. The molecule has 11 aromatic carbocycles. The molecule has 386 valence electrons. The molecule has 0 aliphatic heterocycles. The van der Waals surface area contributed by atoms with Gasteiger partial charge >= 0.3 is 0 Å². The van der Waals surface area contributed by atoms with Gasteiger partial charge in [-0.2, -0.15) is 0 Å². The predicted octanol–water partition coefficient (Wildman–Crippen LogP) is 21.5. The smallest absolute Gasteiger partial charge is 0.0490 e. The Labute approximate surface area is 473 Å². The summed E-state index contributed by atoms with van der Waals surface area (Å²) in [5, 5.41) is 0. The van der Waals surface area contributed by atoms with E-state index in [1.807, 2.05) is 0 Å². The molecule has 0 radical (unpaired) electrons. The summed E-state index contributed by atoms with van der Waals surface area (Å²) >= 11 is 0. The molecule has 13 rings (SSSR count). The number of nitrogens with zero attached hydrogens (tertiary/aromatic N) is 2. The zero-order valence-corrected chi connectivity index (χ0v) is 46.5. The molecule has 0 amide bonds. The van der Waals surface area contributed by atoms with Crippen LogP contribution in [-0.4, -0.2) is 0 Å². The standard InChI is InChI=1S/C78H64N2/c1-53-19-13-15-29-75(53)79(63-27-17-25-61(49-63)59-21-9-7-10-22-59)65-41-45-69-67-43-39-57(47-71(67)77(3,4)73(69)51-65)37-35-55-31-33-56(34-32-55)36-38-58-40-44-68-70-46-42-66(52-74(70)78(5,6)72(68)48-58)80(76-30-16-14-20-54(76)2)64-28-18-26-62(50-64)60-23-11-8-12-24-60/h7-52H,1-6H3. The Morgan fingerprint density at radius 3 is 0.975 bits per heavy atom.